The number of ether oxygens (including phenoxy) is 1. The van der Waals surface area contributed by atoms with Crippen LogP contribution < -0.4 is 19.9 Å². The van der Waals surface area contributed by atoms with Gasteiger partial charge in [0.25, 0.3) is 0 Å². The second-order valence-electron chi connectivity index (χ2n) is 9.21. The second-order valence-corrected chi connectivity index (χ2v) is 9.62. The molecule has 1 N–H and O–H groups in total. The van der Waals surface area contributed by atoms with E-state index in [0.717, 1.165) is 60.4 Å². The molecule has 0 atom stereocenters. The molecule has 0 spiro atoms. The molecule has 1 saturated heterocycles. The molecular weight excluding hydrogens is 462 g/mol. The zero-order valence-electron chi connectivity index (χ0n) is 19.9. The lowest BCUT2D eigenvalue weighted by Gasteiger charge is -2.36. The maximum absolute atomic E-state index is 6.38. The summed E-state index contributed by atoms with van der Waals surface area (Å²) in [6.07, 6.45) is 8.39. The number of benzene rings is 1. The van der Waals surface area contributed by atoms with Crippen molar-refractivity contribution in [2.24, 2.45) is 0 Å². The number of nitrogens with one attached hydrogen (secondary N) is 1. The average molecular weight is 490 g/mol. The third-order valence-electron chi connectivity index (χ3n) is 6.74. The molecule has 2 fully saturated rings. The van der Waals surface area contributed by atoms with Crippen LogP contribution in [0.3, 0.4) is 0 Å². The predicted octanol–water partition coefficient (Wildman–Crippen LogP) is 4.66. The molecule has 2 aliphatic rings. The standard InChI is InChI=1S/C26H28ClN7O/c1-17-13-23(35-2)21(27)15-20(17)22-16-34-8-6-19(14-25(34)30-22)32-9-11-33(12-10-32)24-5-7-28-26(31-24)29-18-3-4-18/h5-8,13-16,18H,3-4,9-12H2,1-2H3,(H,28,29,31). The van der Waals surface area contributed by atoms with E-state index in [1.54, 1.807) is 7.11 Å². The number of aromatic nitrogens is 4. The normalized spacial score (nSPS) is 16.1. The highest BCUT2D eigenvalue weighted by Crippen LogP contribution is 2.33. The fraction of sp³-hybridized carbons (Fsp3) is 0.346. The number of hydrogen-bond donors (Lipinski definition) is 1. The molecule has 0 radical (unpaired) electrons. The Bertz CT molecular complexity index is 1380. The Labute approximate surface area is 209 Å². The van der Waals surface area contributed by atoms with E-state index in [9.17, 15) is 0 Å². The van der Waals surface area contributed by atoms with Gasteiger partial charge in [0.1, 0.15) is 17.2 Å². The molecule has 4 heterocycles. The van der Waals surface area contributed by atoms with Gasteiger partial charge >= 0.3 is 0 Å². The summed E-state index contributed by atoms with van der Waals surface area (Å²) in [5, 5.41) is 3.98. The first kappa shape index (κ1) is 22.0. The molecule has 1 aliphatic carbocycles. The monoisotopic (exact) mass is 489 g/mol. The Morgan fingerprint density at radius 1 is 1.03 bits per heavy atom. The van der Waals surface area contributed by atoms with Crippen molar-refractivity contribution in [3.8, 4) is 17.0 Å². The highest BCUT2D eigenvalue weighted by molar-refractivity contribution is 6.32. The highest BCUT2D eigenvalue weighted by Gasteiger charge is 2.23. The molecule has 0 unspecified atom stereocenters. The van der Waals surface area contributed by atoms with Gasteiger partial charge in [-0.05, 0) is 49.6 Å². The Kier molecular flexibility index (Phi) is 5.60. The van der Waals surface area contributed by atoms with Crippen LogP contribution in [0.5, 0.6) is 5.75 Å². The van der Waals surface area contributed by atoms with Crippen LogP contribution in [0.15, 0.2) is 48.9 Å². The number of imidazole rings is 1. The smallest absolute Gasteiger partial charge is 0.224 e. The van der Waals surface area contributed by atoms with Crippen LogP contribution in [0.25, 0.3) is 16.9 Å². The van der Waals surface area contributed by atoms with Gasteiger partial charge < -0.3 is 24.3 Å². The molecule has 0 bridgehead atoms. The highest BCUT2D eigenvalue weighted by atomic mass is 35.5. The molecule has 1 aliphatic heterocycles. The van der Waals surface area contributed by atoms with Crippen molar-refractivity contribution in [1.82, 2.24) is 19.4 Å². The van der Waals surface area contributed by atoms with Crippen molar-refractivity contribution in [1.29, 1.82) is 0 Å². The topological polar surface area (TPSA) is 70.8 Å². The van der Waals surface area contributed by atoms with Gasteiger partial charge in [0.2, 0.25) is 5.95 Å². The number of methoxy groups -OCH3 is 1. The SMILES string of the molecule is COc1cc(C)c(-c2cn3ccc(N4CCN(c5ccnc(NC6CC6)n5)CC4)cc3n2)cc1Cl. The molecule has 180 valence electrons. The Hall–Kier alpha value is -3.52. The minimum Gasteiger partial charge on any atom is -0.495 e. The lowest BCUT2D eigenvalue weighted by atomic mass is 10.1. The van der Waals surface area contributed by atoms with Gasteiger partial charge in [-0.15, -0.1) is 0 Å². The number of aryl methyl sites for hydroxylation is 1. The van der Waals surface area contributed by atoms with Crippen molar-refractivity contribution >= 4 is 34.7 Å². The van der Waals surface area contributed by atoms with E-state index in [-0.39, 0.29) is 0 Å². The van der Waals surface area contributed by atoms with Gasteiger partial charge in [-0.2, -0.15) is 4.98 Å². The van der Waals surface area contributed by atoms with E-state index >= 15 is 0 Å². The Morgan fingerprint density at radius 2 is 1.83 bits per heavy atom. The number of pyridine rings is 1. The summed E-state index contributed by atoms with van der Waals surface area (Å²) in [5.41, 5.74) is 5.07. The lowest BCUT2D eigenvalue weighted by molar-refractivity contribution is 0.415. The molecule has 1 saturated carbocycles. The van der Waals surface area contributed by atoms with Crippen molar-refractivity contribution in [2.45, 2.75) is 25.8 Å². The summed E-state index contributed by atoms with van der Waals surface area (Å²) >= 11 is 6.38. The zero-order chi connectivity index (χ0) is 23.9. The van der Waals surface area contributed by atoms with Crippen LogP contribution >= 0.6 is 11.6 Å². The van der Waals surface area contributed by atoms with Gasteiger partial charge in [-0.3, -0.25) is 0 Å². The number of anilines is 3. The van der Waals surface area contributed by atoms with Crippen molar-refractivity contribution in [3.63, 3.8) is 0 Å². The third-order valence-corrected chi connectivity index (χ3v) is 7.03. The van der Waals surface area contributed by atoms with Gasteiger partial charge in [-0.25, -0.2) is 9.97 Å². The molecule has 9 heteroatoms. The summed E-state index contributed by atoms with van der Waals surface area (Å²) < 4.78 is 7.40. The zero-order valence-corrected chi connectivity index (χ0v) is 20.7. The number of piperazine rings is 1. The largest absolute Gasteiger partial charge is 0.495 e. The molecular formula is C26H28ClN7O. The quantitative estimate of drug-likeness (QED) is 0.422. The third kappa shape index (κ3) is 4.46. The van der Waals surface area contributed by atoms with E-state index in [4.69, 9.17) is 26.3 Å². The summed E-state index contributed by atoms with van der Waals surface area (Å²) in [6, 6.07) is 10.7. The van der Waals surface area contributed by atoms with Crippen LogP contribution in [0, 0.1) is 6.92 Å². The number of halogens is 1. The Morgan fingerprint density at radius 3 is 2.60 bits per heavy atom. The summed E-state index contributed by atoms with van der Waals surface area (Å²) in [5.74, 6) is 2.40. The van der Waals surface area contributed by atoms with E-state index in [1.807, 2.05) is 37.5 Å². The van der Waals surface area contributed by atoms with Gasteiger partial charge in [-0.1, -0.05) is 11.6 Å². The molecule has 35 heavy (non-hydrogen) atoms. The van der Waals surface area contributed by atoms with Crippen molar-refractivity contribution in [3.05, 3.63) is 59.5 Å². The van der Waals surface area contributed by atoms with Crippen LogP contribution in [-0.2, 0) is 0 Å². The molecule has 8 nitrogen and oxygen atoms in total. The summed E-state index contributed by atoms with van der Waals surface area (Å²) in [7, 11) is 1.63. The Balaban J connectivity index is 1.18. The van der Waals surface area contributed by atoms with E-state index < -0.39 is 0 Å². The van der Waals surface area contributed by atoms with Gasteiger partial charge in [0, 0.05) is 68.1 Å². The number of rotatable bonds is 6. The maximum Gasteiger partial charge on any atom is 0.224 e. The van der Waals surface area contributed by atoms with E-state index in [0.29, 0.717) is 16.8 Å². The van der Waals surface area contributed by atoms with Crippen LogP contribution in [0.1, 0.15) is 18.4 Å². The fourth-order valence-electron chi connectivity index (χ4n) is 4.58. The number of nitrogens with zero attached hydrogens (tertiary/aromatic N) is 6. The second kappa shape index (κ2) is 8.92. The molecule has 3 aromatic heterocycles. The summed E-state index contributed by atoms with van der Waals surface area (Å²) in [4.78, 5) is 18.7. The number of fused-ring (bicyclic) bond motifs is 1. The van der Waals surface area contributed by atoms with Gasteiger partial charge in [0.05, 0.1) is 17.8 Å². The summed E-state index contributed by atoms with van der Waals surface area (Å²) in [6.45, 7) is 5.72. The minimum absolute atomic E-state index is 0.547. The molecule has 0 amide bonds. The number of hydrogen-bond acceptors (Lipinski definition) is 7. The minimum atomic E-state index is 0.547. The first-order valence-electron chi connectivity index (χ1n) is 12.0. The van der Waals surface area contributed by atoms with E-state index in [1.165, 1.54) is 18.5 Å². The predicted molar refractivity (Wildman–Crippen MR) is 140 cm³/mol. The maximum atomic E-state index is 6.38. The van der Waals surface area contributed by atoms with Crippen LogP contribution in [-0.4, -0.2) is 58.7 Å². The average Bonchev–Trinajstić information content (AvgIpc) is 3.59. The van der Waals surface area contributed by atoms with Crippen molar-refractivity contribution < 1.29 is 4.74 Å². The fourth-order valence-corrected chi connectivity index (χ4v) is 4.82. The molecule has 6 rings (SSSR count). The molecule has 4 aromatic rings. The van der Waals surface area contributed by atoms with Crippen molar-refractivity contribution in [2.75, 3.05) is 48.4 Å². The van der Waals surface area contributed by atoms with Crippen LogP contribution in [0.4, 0.5) is 17.5 Å². The first-order chi connectivity index (χ1) is 17.1. The lowest BCUT2D eigenvalue weighted by Crippen LogP contribution is -2.46. The first-order valence-corrected chi connectivity index (χ1v) is 12.4. The molecule has 1 aromatic carbocycles. The van der Waals surface area contributed by atoms with Crippen LogP contribution in [0.2, 0.25) is 5.02 Å². The van der Waals surface area contributed by atoms with E-state index in [2.05, 4.69) is 42.8 Å². The van der Waals surface area contributed by atoms with Gasteiger partial charge in [0.15, 0.2) is 0 Å².